The molecule has 216 valence electrons. The minimum atomic E-state index is -3.60. The number of amides is 3. The van der Waals surface area contributed by atoms with Gasteiger partial charge in [0.05, 0.1) is 30.3 Å². The van der Waals surface area contributed by atoms with Crippen LogP contribution in [0.3, 0.4) is 0 Å². The van der Waals surface area contributed by atoms with E-state index in [1.807, 2.05) is 39.0 Å². The molecule has 0 saturated carbocycles. The fraction of sp³-hybridized carbons (Fsp3) is 0.679. The van der Waals surface area contributed by atoms with Crippen LogP contribution in [0.1, 0.15) is 64.1 Å². The molecule has 1 aromatic rings. The van der Waals surface area contributed by atoms with E-state index in [4.69, 9.17) is 0 Å². The minimum absolute atomic E-state index is 0.0292. The minimum Gasteiger partial charge on any atom is -0.349 e. The Morgan fingerprint density at radius 1 is 1.10 bits per heavy atom. The number of nitrogens with zero attached hydrogens (tertiary/aromatic N) is 2. The van der Waals surface area contributed by atoms with E-state index in [0.717, 1.165) is 31.1 Å². The molecule has 0 radical (unpaired) electrons. The van der Waals surface area contributed by atoms with Crippen LogP contribution in [0.4, 0.5) is 0 Å². The van der Waals surface area contributed by atoms with Crippen molar-refractivity contribution in [3.8, 4) is 0 Å². The van der Waals surface area contributed by atoms with Gasteiger partial charge >= 0.3 is 0 Å². The third-order valence-electron chi connectivity index (χ3n) is 8.54. The van der Waals surface area contributed by atoms with Crippen molar-refractivity contribution in [2.45, 2.75) is 83.6 Å². The predicted octanol–water partition coefficient (Wildman–Crippen LogP) is 1.18. The van der Waals surface area contributed by atoms with Crippen LogP contribution in [0.2, 0.25) is 0 Å². The smallest absolute Gasteiger partial charge is 0.246 e. The largest absolute Gasteiger partial charge is 0.349 e. The zero-order valence-corrected chi connectivity index (χ0v) is 24.7. The maximum Gasteiger partial charge on any atom is 0.246 e. The first kappa shape index (κ1) is 29.5. The Morgan fingerprint density at radius 2 is 1.79 bits per heavy atom. The lowest BCUT2D eigenvalue weighted by Gasteiger charge is -2.37. The van der Waals surface area contributed by atoms with Crippen LogP contribution in [0.5, 0.6) is 0 Å². The van der Waals surface area contributed by atoms with E-state index < -0.39 is 45.5 Å². The summed E-state index contributed by atoms with van der Waals surface area (Å²) in [6.45, 7) is 7.72. The number of carbonyl (C=O) groups excluding carboxylic acids is 3. The molecule has 6 atom stereocenters. The number of hydrogen-bond acceptors (Lipinski definition) is 6. The summed E-state index contributed by atoms with van der Waals surface area (Å²) in [7, 11) is -1.92. The summed E-state index contributed by atoms with van der Waals surface area (Å²) in [5.74, 6) is -1.53. The van der Waals surface area contributed by atoms with Gasteiger partial charge in [-0.3, -0.25) is 14.4 Å². The van der Waals surface area contributed by atoms with Crippen molar-refractivity contribution in [2.24, 2.45) is 11.3 Å². The molecule has 11 heteroatoms. The molecule has 2 aliphatic heterocycles. The maximum atomic E-state index is 14.1. The van der Waals surface area contributed by atoms with Crippen LogP contribution in [-0.2, 0) is 30.8 Å². The average molecular weight is 562 g/mol. The second kappa shape index (κ2) is 11.2. The number of likely N-dealkylation sites (tertiary alicyclic amines) is 1. The van der Waals surface area contributed by atoms with Gasteiger partial charge in [0.25, 0.3) is 0 Å². The molecular formula is C28H43N5O5S. The second-order valence-corrected chi connectivity index (χ2v) is 14.2. The molecule has 0 spiro atoms. The SMILES string of the molecule is CN[C@@H](C)C(=O)N[C@H](C(=O)N1CC[C@@H]2[C@H]1[C@@H](C(=O)N[C@H]1CCCc3ccccc31)CN2S(C)(=O)=O)C(C)(C)C. The van der Waals surface area contributed by atoms with Gasteiger partial charge in [-0.2, -0.15) is 4.31 Å². The van der Waals surface area contributed by atoms with Gasteiger partial charge in [0.1, 0.15) is 6.04 Å². The highest BCUT2D eigenvalue weighted by atomic mass is 32.2. The van der Waals surface area contributed by atoms with E-state index in [2.05, 4.69) is 22.0 Å². The molecule has 3 amide bonds. The number of hydrogen-bond donors (Lipinski definition) is 3. The molecule has 1 aromatic carbocycles. The number of benzene rings is 1. The molecule has 3 aliphatic rings. The number of sulfonamides is 1. The van der Waals surface area contributed by atoms with Gasteiger partial charge in [-0.1, -0.05) is 45.0 Å². The second-order valence-electron chi connectivity index (χ2n) is 12.3. The van der Waals surface area contributed by atoms with Crippen LogP contribution < -0.4 is 16.0 Å². The summed E-state index contributed by atoms with van der Waals surface area (Å²) in [4.78, 5) is 42.3. The number of likely N-dealkylation sites (N-methyl/N-ethyl adjacent to an activating group) is 1. The average Bonchev–Trinajstić information content (AvgIpc) is 3.46. The third-order valence-corrected chi connectivity index (χ3v) is 9.81. The van der Waals surface area contributed by atoms with Crippen LogP contribution >= 0.6 is 0 Å². The van der Waals surface area contributed by atoms with Crippen LogP contribution in [0.15, 0.2) is 24.3 Å². The van der Waals surface area contributed by atoms with Crippen molar-refractivity contribution in [3.63, 3.8) is 0 Å². The monoisotopic (exact) mass is 561 g/mol. The van der Waals surface area contributed by atoms with Gasteiger partial charge in [0.15, 0.2) is 0 Å². The molecule has 39 heavy (non-hydrogen) atoms. The third kappa shape index (κ3) is 6.00. The molecule has 0 unspecified atom stereocenters. The Balaban J connectivity index is 1.62. The van der Waals surface area contributed by atoms with Crippen molar-refractivity contribution in [1.82, 2.24) is 25.2 Å². The summed E-state index contributed by atoms with van der Waals surface area (Å²) >= 11 is 0. The summed E-state index contributed by atoms with van der Waals surface area (Å²) in [5.41, 5.74) is 1.71. The summed E-state index contributed by atoms with van der Waals surface area (Å²) in [6.07, 6.45) is 4.33. The Hall–Kier alpha value is -2.50. The molecular weight excluding hydrogens is 518 g/mol. The van der Waals surface area contributed by atoms with E-state index in [1.54, 1.807) is 18.9 Å². The summed E-state index contributed by atoms with van der Waals surface area (Å²) in [6, 6.07) is 5.53. The first-order valence-electron chi connectivity index (χ1n) is 13.9. The highest BCUT2D eigenvalue weighted by molar-refractivity contribution is 7.88. The molecule has 2 fully saturated rings. The first-order valence-corrected chi connectivity index (χ1v) is 15.7. The predicted molar refractivity (Wildman–Crippen MR) is 149 cm³/mol. The summed E-state index contributed by atoms with van der Waals surface area (Å²) in [5, 5.41) is 8.99. The van der Waals surface area contributed by atoms with Gasteiger partial charge in [-0.15, -0.1) is 0 Å². The van der Waals surface area contributed by atoms with E-state index in [1.165, 1.54) is 9.87 Å². The Morgan fingerprint density at radius 3 is 2.44 bits per heavy atom. The molecule has 0 bridgehead atoms. The highest BCUT2D eigenvalue weighted by Gasteiger charge is 2.56. The van der Waals surface area contributed by atoms with Crippen molar-refractivity contribution in [2.75, 3.05) is 26.4 Å². The fourth-order valence-corrected chi connectivity index (χ4v) is 7.46. The van der Waals surface area contributed by atoms with Crippen molar-refractivity contribution in [3.05, 3.63) is 35.4 Å². The van der Waals surface area contributed by atoms with Crippen LogP contribution in [0, 0.1) is 11.3 Å². The lowest BCUT2D eigenvalue weighted by molar-refractivity contribution is -0.142. The van der Waals surface area contributed by atoms with E-state index >= 15 is 0 Å². The van der Waals surface area contributed by atoms with E-state index in [9.17, 15) is 22.8 Å². The molecule has 3 N–H and O–H groups in total. The van der Waals surface area contributed by atoms with Gasteiger partial charge in [0, 0.05) is 19.1 Å². The number of fused-ring (bicyclic) bond motifs is 2. The molecule has 2 saturated heterocycles. The van der Waals surface area contributed by atoms with Crippen LogP contribution in [0.25, 0.3) is 0 Å². The maximum absolute atomic E-state index is 14.1. The summed E-state index contributed by atoms with van der Waals surface area (Å²) < 4.78 is 26.9. The van der Waals surface area contributed by atoms with Gasteiger partial charge < -0.3 is 20.9 Å². The van der Waals surface area contributed by atoms with E-state index in [0.29, 0.717) is 13.0 Å². The van der Waals surface area contributed by atoms with Crippen molar-refractivity contribution in [1.29, 1.82) is 0 Å². The quantitative estimate of drug-likeness (QED) is 0.459. The van der Waals surface area contributed by atoms with Crippen LogP contribution in [-0.4, -0.2) is 85.9 Å². The zero-order chi connectivity index (χ0) is 28.7. The lowest BCUT2D eigenvalue weighted by Crippen LogP contribution is -2.59. The topological polar surface area (TPSA) is 128 Å². The highest BCUT2D eigenvalue weighted by Crippen LogP contribution is 2.39. The number of rotatable bonds is 7. The molecule has 1 aliphatic carbocycles. The van der Waals surface area contributed by atoms with Gasteiger partial charge in [0.2, 0.25) is 27.7 Å². The molecule has 4 rings (SSSR count). The lowest BCUT2D eigenvalue weighted by atomic mass is 9.84. The Kier molecular flexibility index (Phi) is 8.45. The number of carbonyl (C=O) groups is 3. The number of nitrogens with one attached hydrogen (secondary N) is 3. The molecule has 2 heterocycles. The first-order chi connectivity index (χ1) is 18.2. The molecule has 10 nitrogen and oxygen atoms in total. The van der Waals surface area contributed by atoms with Gasteiger partial charge in [-0.25, -0.2) is 8.42 Å². The van der Waals surface area contributed by atoms with Crippen molar-refractivity contribution < 1.29 is 22.8 Å². The number of aryl methyl sites for hydroxylation is 1. The zero-order valence-electron chi connectivity index (χ0n) is 23.9. The van der Waals surface area contributed by atoms with Crippen molar-refractivity contribution >= 4 is 27.7 Å². The standard InChI is InChI=1S/C28H43N5O5S/c1-17(29-5)25(34)31-24(28(2,3)4)27(36)32-15-14-22-23(32)20(16-33(22)39(6,37)38)26(35)30-21-13-9-11-18-10-7-8-12-19(18)21/h7-8,10,12,17,20-24,29H,9,11,13-16H2,1-6H3,(H,30,35)(H,31,34)/t17-,20-,21-,22+,23+,24+/m0/s1. The normalized spacial score (nSPS) is 26.9. The Bertz CT molecular complexity index is 1210. The molecule has 0 aromatic heterocycles. The Labute approximate surface area is 232 Å². The fourth-order valence-electron chi connectivity index (χ4n) is 6.31. The van der Waals surface area contributed by atoms with E-state index in [-0.39, 0.29) is 30.3 Å². The van der Waals surface area contributed by atoms with Gasteiger partial charge in [-0.05, 0) is 56.2 Å².